The second-order valence-electron chi connectivity index (χ2n) is 3.86. The molecule has 2 N–H and O–H groups in total. The standard InChI is InChI=1S/C12H17NO2.ClH/c1-14-10-6-7-11(15-2)12-8(10)4-3-5-9(12)13;/h6-7,9H,3-5,13H2,1-2H3;1H. The molecule has 0 aliphatic heterocycles. The van der Waals surface area contributed by atoms with Gasteiger partial charge in [-0.2, -0.15) is 0 Å². The first-order valence-corrected chi connectivity index (χ1v) is 5.27. The van der Waals surface area contributed by atoms with Gasteiger partial charge in [-0.25, -0.2) is 0 Å². The first-order chi connectivity index (χ1) is 7.27. The van der Waals surface area contributed by atoms with Crippen molar-refractivity contribution in [3.63, 3.8) is 0 Å². The Kier molecular flexibility index (Phi) is 4.44. The lowest BCUT2D eigenvalue weighted by atomic mass is 9.87. The molecule has 3 nitrogen and oxygen atoms in total. The van der Waals surface area contributed by atoms with Gasteiger partial charge in [0.05, 0.1) is 14.2 Å². The van der Waals surface area contributed by atoms with E-state index in [2.05, 4.69) is 0 Å². The van der Waals surface area contributed by atoms with Crippen molar-refractivity contribution in [1.29, 1.82) is 0 Å². The fraction of sp³-hybridized carbons (Fsp3) is 0.500. The van der Waals surface area contributed by atoms with Gasteiger partial charge in [-0.15, -0.1) is 12.4 Å². The summed E-state index contributed by atoms with van der Waals surface area (Å²) >= 11 is 0. The largest absolute Gasteiger partial charge is 0.496 e. The minimum atomic E-state index is 0. The Morgan fingerprint density at radius 3 is 2.44 bits per heavy atom. The second-order valence-corrected chi connectivity index (χ2v) is 3.86. The summed E-state index contributed by atoms with van der Waals surface area (Å²) in [4.78, 5) is 0. The summed E-state index contributed by atoms with van der Waals surface area (Å²) in [5.41, 5.74) is 8.46. The molecule has 0 bridgehead atoms. The number of halogens is 1. The van der Waals surface area contributed by atoms with Gasteiger partial charge >= 0.3 is 0 Å². The average Bonchev–Trinajstić information content (AvgIpc) is 2.28. The maximum atomic E-state index is 6.11. The monoisotopic (exact) mass is 243 g/mol. The lowest BCUT2D eigenvalue weighted by molar-refractivity contribution is 0.382. The van der Waals surface area contributed by atoms with Crippen LogP contribution >= 0.6 is 12.4 Å². The molecule has 0 aromatic heterocycles. The third kappa shape index (κ3) is 2.11. The van der Waals surface area contributed by atoms with Crippen LogP contribution in [0.25, 0.3) is 0 Å². The lowest BCUT2D eigenvalue weighted by Gasteiger charge is -2.26. The Morgan fingerprint density at radius 2 is 1.81 bits per heavy atom. The number of fused-ring (bicyclic) bond motifs is 1. The van der Waals surface area contributed by atoms with Gasteiger partial charge in [-0.1, -0.05) is 0 Å². The molecule has 16 heavy (non-hydrogen) atoms. The van der Waals surface area contributed by atoms with Crippen molar-refractivity contribution in [2.75, 3.05) is 14.2 Å². The summed E-state index contributed by atoms with van der Waals surface area (Å²) in [5.74, 6) is 1.82. The van der Waals surface area contributed by atoms with Crippen LogP contribution in [0.1, 0.15) is 30.0 Å². The van der Waals surface area contributed by atoms with Crippen molar-refractivity contribution >= 4 is 12.4 Å². The van der Waals surface area contributed by atoms with Crippen LogP contribution in [0.5, 0.6) is 11.5 Å². The summed E-state index contributed by atoms with van der Waals surface area (Å²) < 4.78 is 10.7. The Bertz CT molecular complexity index is 368. The lowest BCUT2D eigenvalue weighted by Crippen LogP contribution is -2.19. The van der Waals surface area contributed by atoms with E-state index >= 15 is 0 Å². The highest BCUT2D eigenvalue weighted by Gasteiger charge is 2.23. The molecule has 0 fully saturated rings. The quantitative estimate of drug-likeness (QED) is 0.868. The van der Waals surface area contributed by atoms with Crippen molar-refractivity contribution in [2.45, 2.75) is 25.3 Å². The van der Waals surface area contributed by atoms with Crippen molar-refractivity contribution in [2.24, 2.45) is 5.73 Å². The molecule has 0 saturated carbocycles. The van der Waals surface area contributed by atoms with E-state index in [0.29, 0.717) is 0 Å². The van der Waals surface area contributed by atoms with Crippen molar-refractivity contribution < 1.29 is 9.47 Å². The fourth-order valence-corrected chi connectivity index (χ4v) is 2.30. The van der Waals surface area contributed by atoms with E-state index in [1.165, 1.54) is 5.56 Å². The van der Waals surface area contributed by atoms with Crippen molar-refractivity contribution in [1.82, 2.24) is 0 Å². The highest BCUT2D eigenvalue weighted by Crippen LogP contribution is 2.39. The van der Waals surface area contributed by atoms with E-state index in [1.807, 2.05) is 12.1 Å². The van der Waals surface area contributed by atoms with Crippen LogP contribution in [0.3, 0.4) is 0 Å². The summed E-state index contributed by atoms with van der Waals surface area (Å²) in [6.07, 6.45) is 3.18. The van der Waals surface area contributed by atoms with Crippen LogP contribution in [0, 0.1) is 0 Å². The summed E-state index contributed by atoms with van der Waals surface area (Å²) in [7, 11) is 3.38. The molecule has 1 aromatic carbocycles. The average molecular weight is 244 g/mol. The zero-order chi connectivity index (χ0) is 10.8. The molecule has 0 saturated heterocycles. The highest BCUT2D eigenvalue weighted by atomic mass is 35.5. The maximum Gasteiger partial charge on any atom is 0.124 e. The van der Waals surface area contributed by atoms with Crippen LogP contribution in [-0.2, 0) is 6.42 Å². The van der Waals surface area contributed by atoms with Gasteiger partial charge in [0.25, 0.3) is 0 Å². The van der Waals surface area contributed by atoms with Crippen LogP contribution in [-0.4, -0.2) is 14.2 Å². The first-order valence-electron chi connectivity index (χ1n) is 5.27. The topological polar surface area (TPSA) is 44.5 Å². The molecule has 4 heteroatoms. The maximum absolute atomic E-state index is 6.11. The number of benzene rings is 1. The molecule has 1 unspecified atom stereocenters. The molecule has 1 atom stereocenters. The minimum Gasteiger partial charge on any atom is -0.496 e. The molecular formula is C12H18ClNO2. The first kappa shape index (κ1) is 13.1. The van der Waals surface area contributed by atoms with Gasteiger partial charge < -0.3 is 15.2 Å². The van der Waals surface area contributed by atoms with E-state index in [4.69, 9.17) is 15.2 Å². The third-order valence-electron chi connectivity index (χ3n) is 3.03. The van der Waals surface area contributed by atoms with Gasteiger partial charge in [0.15, 0.2) is 0 Å². The Hall–Kier alpha value is -0.930. The Labute approximate surface area is 102 Å². The summed E-state index contributed by atoms with van der Waals surface area (Å²) in [5, 5.41) is 0. The van der Waals surface area contributed by atoms with E-state index in [-0.39, 0.29) is 18.4 Å². The van der Waals surface area contributed by atoms with E-state index < -0.39 is 0 Å². The van der Waals surface area contributed by atoms with E-state index in [9.17, 15) is 0 Å². The van der Waals surface area contributed by atoms with Gasteiger partial charge in [-0.05, 0) is 31.4 Å². The summed E-state index contributed by atoms with van der Waals surface area (Å²) in [6, 6.07) is 3.97. The number of methoxy groups -OCH3 is 2. The Balaban J connectivity index is 0.00000128. The molecule has 0 amide bonds. The normalized spacial score (nSPS) is 18.3. The molecule has 90 valence electrons. The number of hydrogen-bond donors (Lipinski definition) is 1. The van der Waals surface area contributed by atoms with Gasteiger partial charge in [0.1, 0.15) is 11.5 Å². The molecule has 1 aliphatic rings. The molecule has 0 spiro atoms. The fourth-order valence-electron chi connectivity index (χ4n) is 2.30. The Morgan fingerprint density at radius 1 is 1.19 bits per heavy atom. The minimum absolute atomic E-state index is 0. The zero-order valence-electron chi connectivity index (χ0n) is 9.66. The number of hydrogen-bond acceptors (Lipinski definition) is 3. The van der Waals surface area contributed by atoms with Crippen molar-refractivity contribution in [3.05, 3.63) is 23.3 Å². The highest BCUT2D eigenvalue weighted by molar-refractivity contribution is 5.85. The van der Waals surface area contributed by atoms with Crippen LogP contribution < -0.4 is 15.2 Å². The number of ether oxygens (including phenoxy) is 2. The van der Waals surface area contributed by atoms with Crippen LogP contribution in [0.2, 0.25) is 0 Å². The SMILES string of the molecule is COc1ccc(OC)c2c1CCCC2N.Cl. The van der Waals surface area contributed by atoms with E-state index in [0.717, 1.165) is 36.3 Å². The smallest absolute Gasteiger partial charge is 0.124 e. The summed E-state index contributed by atoms with van der Waals surface area (Å²) in [6.45, 7) is 0. The predicted octanol–water partition coefficient (Wildman–Crippen LogP) is 2.46. The van der Waals surface area contributed by atoms with Crippen LogP contribution in [0.15, 0.2) is 12.1 Å². The molecule has 1 aliphatic carbocycles. The van der Waals surface area contributed by atoms with Crippen LogP contribution in [0.4, 0.5) is 0 Å². The second kappa shape index (κ2) is 5.41. The van der Waals surface area contributed by atoms with Crippen molar-refractivity contribution in [3.8, 4) is 11.5 Å². The number of nitrogens with two attached hydrogens (primary N) is 1. The molecular weight excluding hydrogens is 226 g/mol. The third-order valence-corrected chi connectivity index (χ3v) is 3.03. The molecule has 0 radical (unpaired) electrons. The van der Waals surface area contributed by atoms with Gasteiger partial charge in [0, 0.05) is 17.2 Å². The number of rotatable bonds is 2. The molecule has 1 aromatic rings. The van der Waals surface area contributed by atoms with E-state index in [1.54, 1.807) is 14.2 Å². The zero-order valence-corrected chi connectivity index (χ0v) is 10.5. The molecule has 2 rings (SSSR count). The van der Waals surface area contributed by atoms with Gasteiger partial charge in [0.2, 0.25) is 0 Å². The predicted molar refractivity (Wildman–Crippen MR) is 66.7 cm³/mol. The van der Waals surface area contributed by atoms with Gasteiger partial charge in [-0.3, -0.25) is 0 Å². The molecule has 0 heterocycles.